The van der Waals surface area contributed by atoms with E-state index in [-0.39, 0.29) is 11.6 Å². The first-order valence-electron chi connectivity index (χ1n) is 5.74. The Bertz CT molecular complexity index is 472. The van der Waals surface area contributed by atoms with Crippen molar-refractivity contribution in [3.05, 3.63) is 29.6 Å². The minimum absolute atomic E-state index is 0.0458. The summed E-state index contributed by atoms with van der Waals surface area (Å²) in [6.07, 6.45) is 0. The lowest BCUT2D eigenvalue weighted by molar-refractivity contribution is -0.247. The van der Waals surface area contributed by atoms with Crippen LogP contribution in [0.1, 0.15) is 19.4 Å². The second-order valence-corrected chi connectivity index (χ2v) is 4.66. The Morgan fingerprint density at radius 1 is 1.39 bits per heavy atom. The average Bonchev–Trinajstić information content (AvgIpc) is 2.34. The number of rotatable bonds is 2. The predicted octanol–water partition coefficient (Wildman–Crippen LogP) is 2.26. The molecule has 0 bridgehead atoms. The van der Waals surface area contributed by atoms with Crippen LogP contribution in [0.4, 0.5) is 10.1 Å². The summed E-state index contributed by atoms with van der Waals surface area (Å²) in [7, 11) is 0. The molecule has 1 aliphatic heterocycles. The molecule has 0 aromatic heterocycles. The molecule has 1 aromatic carbocycles. The van der Waals surface area contributed by atoms with Crippen LogP contribution in [-0.2, 0) is 9.47 Å². The normalized spacial score (nSPS) is 19.2. The number of nitrogens with zero attached hydrogens (tertiary/aromatic N) is 1. The molecule has 1 fully saturated rings. The monoisotopic (exact) mass is 250 g/mol. The van der Waals surface area contributed by atoms with E-state index in [0.29, 0.717) is 18.9 Å². The molecule has 0 spiro atoms. The summed E-state index contributed by atoms with van der Waals surface area (Å²) in [5.74, 6) is -0.992. The molecule has 1 heterocycles. The van der Waals surface area contributed by atoms with Crippen molar-refractivity contribution in [2.75, 3.05) is 18.5 Å². The molecule has 1 aliphatic rings. The van der Waals surface area contributed by atoms with E-state index in [1.165, 1.54) is 12.1 Å². The van der Waals surface area contributed by atoms with Gasteiger partial charge < -0.3 is 14.8 Å². The summed E-state index contributed by atoms with van der Waals surface area (Å²) in [6.45, 7) is 4.66. The molecule has 1 N–H and O–H groups in total. The molecule has 5 heteroatoms. The van der Waals surface area contributed by atoms with E-state index in [1.807, 2.05) is 19.9 Å². The Hall–Kier alpha value is -1.64. The van der Waals surface area contributed by atoms with Crippen molar-refractivity contribution in [3.63, 3.8) is 0 Å². The molecule has 1 aromatic rings. The topological polar surface area (TPSA) is 54.3 Å². The second kappa shape index (κ2) is 4.92. The number of nitrogens with one attached hydrogen (secondary N) is 1. The van der Waals surface area contributed by atoms with E-state index in [9.17, 15) is 4.39 Å². The molecule has 1 saturated heterocycles. The van der Waals surface area contributed by atoms with E-state index in [0.717, 1.165) is 0 Å². The van der Waals surface area contributed by atoms with E-state index in [1.54, 1.807) is 6.07 Å². The van der Waals surface area contributed by atoms with Crippen molar-refractivity contribution in [2.45, 2.75) is 25.7 Å². The van der Waals surface area contributed by atoms with Crippen LogP contribution in [0, 0.1) is 17.1 Å². The first-order chi connectivity index (χ1) is 8.50. The molecular weight excluding hydrogens is 235 g/mol. The zero-order chi connectivity index (χ0) is 13.2. The average molecular weight is 250 g/mol. The standard InChI is InChI=1S/C13H15FN2O2/c1-13(2)17-7-11(8-18-13)16-12-4-3-10(14)5-9(12)6-15/h3-5,11,16H,7-8H2,1-2H3. The summed E-state index contributed by atoms with van der Waals surface area (Å²) in [4.78, 5) is 0. The molecule has 0 radical (unpaired) electrons. The van der Waals surface area contributed by atoms with Crippen LogP contribution < -0.4 is 5.32 Å². The summed E-state index contributed by atoms with van der Waals surface area (Å²) < 4.78 is 24.0. The number of anilines is 1. The Kier molecular flexibility index (Phi) is 3.50. The van der Waals surface area contributed by atoms with Crippen molar-refractivity contribution in [1.29, 1.82) is 5.26 Å². The van der Waals surface area contributed by atoms with E-state index in [4.69, 9.17) is 14.7 Å². The largest absolute Gasteiger partial charge is 0.377 e. The lowest BCUT2D eigenvalue weighted by Crippen LogP contribution is -2.45. The summed E-state index contributed by atoms with van der Waals surface area (Å²) in [5, 5.41) is 12.1. The first-order valence-corrected chi connectivity index (χ1v) is 5.74. The van der Waals surface area contributed by atoms with E-state index in [2.05, 4.69) is 5.32 Å². The maximum atomic E-state index is 13.0. The summed E-state index contributed by atoms with van der Waals surface area (Å²) in [5.41, 5.74) is 0.871. The Balaban J connectivity index is 2.05. The number of nitriles is 1. The van der Waals surface area contributed by atoms with Crippen LogP contribution >= 0.6 is 0 Å². The quantitative estimate of drug-likeness (QED) is 0.874. The molecular formula is C13H15FN2O2. The highest BCUT2D eigenvalue weighted by Gasteiger charge is 2.28. The van der Waals surface area contributed by atoms with Gasteiger partial charge in [0.25, 0.3) is 0 Å². The van der Waals surface area contributed by atoms with Gasteiger partial charge in [0.15, 0.2) is 5.79 Å². The third-order valence-corrected chi connectivity index (χ3v) is 2.73. The van der Waals surface area contributed by atoms with Crippen LogP contribution in [0.3, 0.4) is 0 Å². The van der Waals surface area contributed by atoms with Crippen molar-refractivity contribution >= 4 is 5.69 Å². The second-order valence-electron chi connectivity index (χ2n) is 4.66. The van der Waals surface area contributed by atoms with Crippen molar-refractivity contribution in [3.8, 4) is 6.07 Å². The zero-order valence-corrected chi connectivity index (χ0v) is 10.4. The minimum Gasteiger partial charge on any atom is -0.377 e. The van der Waals surface area contributed by atoms with Crippen molar-refractivity contribution in [1.82, 2.24) is 0 Å². The molecule has 4 nitrogen and oxygen atoms in total. The molecule has 0 saturated carbocycles. The Morgan fingerprint density at radius 2 is 2.06 bits per heavy atom. The van der Waals surface area contributed by atoms with Gasteiger partial charge in [-0.1, -0.05) is 0 Å². The minimum atomic E-state index is -0.570. The smallest absolute Gasteiger partial charge is 0.162 e. The summed E-state index contributed by atoms with van der Waals surface area (Å²) in [6, 6.07) is 5.98. The molecule has 2 rings (SSSR count). The third-order valence-electron chi connectivity index (χ3n) is 2.73. The maximum absolute atomic E-state index is 13.0. The van der Waals surface area contributed by atoms with Gasteiger partial charge in [-0.3, -0.25) is 0 Å². The molecule has 18 heavy (non-hydrogen) atoms. The van der Waals surface area contributed by atoms with Crippen molar-refractivity contribution in [2.24, 2.45) is 0 Å². The highest BCUT2D eigenvalue weighted by atomic mass is 19.1. The Morgan fingerprint density at radius 3 is 2.67 bits per heavy atom. The van der Waals surface area contributed by atoms with Gasteiger partial charge in [-0.05, 0) is 32.0 Å². The highest BCUT2D eigenvalue weighted by Crippen LogP contribution is 2.21. The number of halogens is 1. The Labute approximate surface area is 105 Å². The fourth-order valence-corrected chi connectivity index (χ4v) is 1.73. The third kappa shape index (κ3) is 2.97. The predicted molar refractivity (Wildman–Crippen MR) is 64.5 cm³/mol. The molecule has 0 amide bonds. The SMILES string of the molecule is CC1(C)OCC(Nc2ccc(F)cc2C#N)CO1. The van der Waals surface area contributed by atoms with E-state index < -0.39 is 11.6 Å². The highest BCUT2D eigenvalue weighted by molar-refractivity contribution is 5.58. The molecule has 0 aliphatic carbocycles. The number of hydrogen-bond donors (Lipinski definition) is 1. The van der Waals surface area contributed by atoms with Gasteiger partial charge in [-0.25, -0.2) is 4.39 Å². The van der Waals surface area contributed by atoms with Gasteiger partial charge in [0.1, 0.15) is 11.9 Å². The van der Waals surface area contributed by atoms with E-state index >= 15 is 0 Å². The van der Waals surface area contributed by atoms with Crippen molar-refractivity contribution < 1.29 is 13.9 Å². The lowest BCUT2D eigenvalue weighted by atomic mass is 10.1. The fourth-order valence-electron chi connectivity index (χ4n) is 1.73. The van der Waals surface area contributed by atoms with Crippen LogP contribution in [0.15, 0.2) is 18.2 Å². The van der Waals surface area contributed by atoms with Gasteiger partial charge in [-0.2, -0.15) is 5.26 Å². The number of ether oxygens (including phenoxy) is 2. The summed E-state index contributed by atoms with van der Waals surface area (Å²) >= 11 is 0. The molecule has 96 valence electrons. The molecule has 0 unspecified atom stereocenters. The van der Waals surface area contributed by atoms with Gasteiger partial charge >= 0.3 is 0 Å². The van der Waals surface area contributed by atoms with Gasteiger partial charge in [0.2, 0.25) is 0 Å². The zero-order valence-electron chi connectivity index (χ0n) is 10.4. The fraction of sp³-hybridized carbons (Fsp3) is 0.462. The number of hydrogen-bond acceptors (Lipinski definition) is 4. The van der Waals surface area contributed by atoms with Crippen LogP contribution in [0.2, 0.25) is 0 Å². The van der Waals surface area contributed by atoms with Gasteiger partial charge in [0.05, 0.1) is 30.5 Å². The van der Waals surface area contributed by atoms with Crippen LogP contribution in [0.25, 0.3) is 0 Å². The van der Waals surface area contributed by atoms with Crippen LogP contribution in [0.5, 0.6) is 0 Å². The van der Waals surface area contributed by atoms with Gasteiger partial charge in [0, 0.05) is 0 Å². The van der Waals surface area contributed by atoms with Gasteiger partial charge in [-0.15, -0.1) is 0 Å². The maximum Gasteiger partial charge on any atom is 0.162 e. The number of benzene rings is 1. The van der Waals surface area contributed by atoms with Crippen LogP contribution in [-0.4, -0.2) is 25.0 Å². The lowest BCUT2D eigenvalue weighted by Gasteiger charge is -2.35. The molecule has 0 atom stereocenters. The first kappa shape index (κ1) is 12.8.